The number of carbonyl (C=O) groups is 2. The van der Waals surface area contributed by atoms with Crippen LogP contribution in [-0.2, 0) is 9.59 Å². The van der Waals surface area contributed by atoms with Crippen LogP contribution in [0.15, 0.2) is 0 Å². The van der Waals surface area contributed by atoms with Gasteiger partial charge in [-0.2, -0.15) is 11.8 Å². The molecule has 0 heterocycles. The van der Waals surface area contributed by atoms with Gasteiger partial charge in [-0.05, 0) is 24.3 Å². The lowest BCUT2D eigenvalue weighted by atomic mass is 10.2. The summed E-state index contributed by atoms with van der Waals surface area (Å²) in [4.78, 5) is 24.1. The first-order chi connectivity index (χ1) is 7.97. The largest absolute Gasteiger partial charge is 0.481 e. The van der Waals surface area contributed by atoms with Crippen LogP contribution >= 0.6 is 11.8 Å². The maximum absolute atomic E-state index is 11.9. The molecule has 0 aliphatic carbocycles. The van der Waals surface area contributed by atoms with Crippen molar-refractivity contribution in [3.63, 3.8) is 0 Å². The van der Waals surface area contributed by atoms with Gasteiger partial charge in [0, 0.05) is 19.5 Å². The van der Waals surface area contributed by atoms with Gasteiger partial charge in [0.1, 0.15) is 0 Å². The van der Waals surface area contributed by atoms with Gasteiger partial charge in [0.05, 0.1) is 6.42 Å². The molecule has 0 fully saturated rings. The van der Waals surface area contributed by atoms with Crippen molar-refractivity contribution >= 4 is 23.6 Å². The Balaban J connectivity index is 4.14. The van der Waals surface area contributed by atoms with Crippen molar-refractivity contribution < 1.29 is 14.7 Å². The maximum atomic E-state index is 11.9. The number of thioether (sulfide) groups is 1. The SMILES string of the molecule is CSCCCC(=O)N(CCC(=O)O)CC(C)C. The summed E-state index contributed by atoms with van der Waals surface area (Å²) >= 11 is 1.72. The fraction of sp³-hybridized carbons (Fsp3) is 0.833. The lowest BCUT2D eigenvalue weighted by Crippen LogP contribution is -2.35. The topological polar surface area (TPSA) is 57.6 Å². The van der Waals surface area contributed by atoms with Crippen LogP contribution in [0, 0.1) is 5.92 Å². The Morgan fingerprint density at radius 3 is 2.41 bits per heavy atom. The van der Waals surface area contributed by atoms with Gasteiger partial charge in [-0.25, -0.2) is 0 Å². The van der Waals surface area contributed by atoms with Gasteiger partial charge in [0.15, 0.2) is 0 Å². The minimum absolute atomic E-state index is 0.0288. The number of carboxylic acid groups (broad SMARTS) is 1. The van der Waals surface area contributed by atoms with Crippen LogP contribution in [0.2, 0.25) is 0 Å². The first-order valence-corrected chi connectivity index (χ1v) is 7.35. The smallest absolute Gasteiger partial charge is 0.305 e. The fourth-order valence-electron chi connectivity index (χ4n) is 1.52. The van der Waals surface area contributed by atoms with Gasteiger partial charge < -0.3 is 10.0 Å². The Bertz CT molecular complexity index is 244. The van der Waals surface area contributed by atoms with Crippen molar-refractivity contribution in [2.45, 2.75) is 33.1 Å². The van der Waals surface area contributed by atoms with Gasteiger partial charge in [0.2, 0.25) is 5.91 Å². The molecule has 1 amide bonds. The zero-order valence-electron chi connectivity index (χ0n) is 10.9. The van der Waals surface area contributed by atoms with Crippen LogP contribution in [0.4, 0.5) is 0 Å². The molecule has 0 atom stereocenters. The third-order valence-electron chi connectivity index (χ3n) is 2.27. The molecule has 0 aromatic carbocycles. The molecule has 0 spiro atoms. The summed E-state index contributed by atoms with van der Waals surface area (Å²) in [5, 5.41) is 8.65. The Labute approximate surface area is 108 Å². The summed E-state index contributed by atoms with van der Waals surface area (Å²) in [5.74, 6) is 0.568. The van der Waals surface area contributed by atoms with Gasteiger partial charge >= 0.3 is 5.97 Å². The molecule has 0 aliphatic heterocycles. The average molecular weight is 261 g/mol. The summed E-state index contributed by atoms with van der Waals surface area (Å²) in [6, 6.07) is 0. The quantitative estimate of drug-likeness (QED) is 0.646. The van der Waals surface area contributed by atoms with Gasteiger partial charge in [-0.3, -0.25) is 9.59 Å². The Kier molecular flexibility index (Phi) is 8.94. The Morgan fingerprint density at radius 1 is 1.29 bits per heavy atom. The Morgan fingerprint density at radius 2 is 1.94 bits per heavy atom. The van der Waals surface area contributed by atoms with E-state index in [1.165, 1.54) is 0 Å². The van der Waals surface area contributed by atoms with Crippen molar-refractivity contribution in [3.8, 4) is 0 Å². The van der Waals surface area contributed by atoms with Crippen molar-refractivity contribution in [2.75, 3.05) is 25.1 Å². The Hall–Kier alpha value is -0.710. The zero-order valence-corrected chi connectivity index (χ0v) is 11.8. The highest BCUT2D eigenvalue weighted by molar-refractivity contribution is 7.98. The number of amides is 1. The second-order valence-corrected chi connectivity index (χ2v) is 5.46. The molecular weight excluding hydrogens is 238 g/mol. The first kappa shape index (κ1) is 16.3. The van der Waals surface area contributed by atoms with Crippen LogP contribution in [-0.4, -0.2) is 47.0 Å². The predicted molar refractivity (Wildman–Crippen MR) is 71.3 cm³/mol. The lowest BCUT2D eigenvalue weighted by molar-refractivity contribution is -0.138. The van der Waals surface area contributed by atoms with E-state index < -0.39 is 5.97 Å². The second kappa shape index (κ2) is 9.33. The van der Waals surface area contributed by atoms with Crippen LogP contribution in [0.3, 0.4) is 0 Å². The fourth-order valence-corrected chi connectivity index (χ4v) is 1.95. The number of carboxylic acids is 1. The van der Waals surface area contributed by atoms with Gasteiger partial charge in [-0.15, -0.1) is 0 Å². The molecule has 0 rings (SSSR count). The highest BCUT2D eigenvalue weighted by atomic mass is 32.2. The molecule has 0 saturated carbocycles. The second-order valence-electron chi connectivity index (χ2n) is 4.47. The third kappa shape index (κ3) is 9.03. The summed E-state index contributed by atoms with van der Waals surface area (Å²) < 4.78 is 0. The van der Waals surface area contributed by atoms with E-state index >= 15 is 0 Å². The molecule has 5 heteroatoms. The van der Waals surface area contributed by atoms with Crippen LogP contribution in [0.5, 0.6) is 0 Å². The van der Waals surface area contributed by atoms with E-state index in [-0.39, 0.29) is 12.3 Å². The monoisotopic (exact) mass is 261 g/mol. The van der Waals surface area contributed by atoms with Crippen molar-refractivity contribution in [1.82, 2.24) is 4.90 Å². The first-order valence-electron chi connectivity index (χ1n) is 5.95. The molecule has 100 valence electrons. The van der Waals surface area contributed by atoms with E-state index in [4.69, 9.17) is 5.11 Å². The van der Waals surface area contributed by atoms with E-state index in [2.05, 4.69) is 0 Å². The molecule has 0 aromatic rings. The summed E-state index contributed by atoms with van der Waals surface area (Å²) in [5.41, 5.74) is 0. The van der Waals surface area contributed by atoms with Crippen LogP contribution < -0.4 is 0 Å². The molecule has 4 nitrogen and oxygen atoms in total. The van der Waals surface area contributed by atoms with Crippen LogP contribution in [0.1, 0.15) is 33.1 Å². The van der Waals surface area contributed by atoms with E-state index in [9.17, 15) is 9.59 Å². The predicted octanol–water partition coefficient (Wildman–Crippen LogP) is 2.09. The molecule has 0 unspecified atom stereocenters. The summed E-state index contributed by atoms with van der Waals surface area (Å²) in [7, 11) is 0. The van der Waals surface area contributed by atoms with E-state index in [0.29, 0.717) is 25.4 Å². The van der Waals surface area contributed by atoms with Crippen molar-refractivity contribution in [1.29, 1.82) is 0 Å². The summed E-state index contributed by atoms with van der Waals surface area (Å²) in [6.45, 7) is 5.03. The standard InChI is InChI=1S/C12H23NO3S/c1-10(2)9-13(7-6-12(15)16)11(14)5-4-8-17-3/h10H,4-9H2,1-3H3,(H,15,16). The van der Waals surface area contributed by atoms with E-state index in [1.54, 1.807) is 16.7 Å². The van der Waals surface area contributed by atoms with E-state index in [1.807, 2.05) is 20.1 Å². The molecule has 0 aromatic heterocycles. The van der Waals surface area contributed by atoms with E-state index in [0.717, 1.165) is 12.2 Å². The number of hydrogen-bond donors (Lipinski definition) is 1. The summed E-state index contributed by atoms with van der Waals surface area (Å²) in [6.07, 6.45) is 3.43. The normalized spacial score (nSPS) is 10.6. The highest BCUT2D eigenvalue weighted by Gasteiger charge is 2.15. The number of aliphatic carboxylic acids is 1. The minimum atomic E-state index is -0.851. The minimum Gasteiger partial charge on any atom is -0.481 e. The number of carbonyl (C=O) groups excluding carboxylic acids is 1. The van der Waals surface area contributed by atoms with Crippen molar-refractivity contribution in [2.24, 2.45) is 5.92 Å². The van der Waals surface area contributed by atoms with Crippen molar-refractivity contribution in [3.05, 3.63) is 0 Å². The number of nitrogens with zero attached hydrogens (tertiary/aromatic N) is 1. The molecule has 0 radical (unpaired) electrons. The van der Waals surface area contributed by atoms with Gasteiger partial charge in [0.25, 0.3) is 0 Å². The molecule has 0 aliphatic rings. The lowest BCUT2D eigenvalue weighted by Gasteiger charge is -2.24. The third-order valence-corrected chi connectivity index (χ3v) is 2.97. The molecule has 17 heavy (non-hydrogen) atoms. The zero-order chi connectivity index (χ0) is 13.3. The number of hydrogen-bond acceptors (Lipinski definition) is 3. The molecule has 0 saturated heterocycles. The molecule has 0 bridgehead atoms. The molecular formula is C12H23NO3S. The maximum Gasteiger partial charge on any atom is 0.305 e. The van der Waals surface area contributed by atoms with Gasteiger partial charge in [-0.1, -0.05) is 13.8 Å². The average Bonchev–Trinajstić information content (AvgIpc) is 2.23. The van der Waals surface area contributed by atoms with Crippen LogP contribution in [0.25, 0.3) is 0 Å². The molecule has 1 N–H and O–H groups in total. The highest BCUT2D eigenvalue weighted by Crippen LogP contribution is 2.06. The number of rotatable bonds is 9.